The van der Waals surface area contributed by atoms with Crippen LogP contribution in [0.1, 0.15) is 22.3 Å². The highest BCUT2D eigenvalue weighted by Gasteiger charge is 2.13. The molecule has 120 valence electrons. The summed E-state index contributed by atoms with van der Waals surface area (Å²) < 4.78 is 12.8. The number of primary amides is 1. The molecule has 0 aliphatic carbocycles. The fraction of sp³-hybridized carbons (Fsp3) is 0.176. The Morgan fingerprint density at radius 3 is 2.52 bits per heavy atom. The number of nitrogens with two attached hydrogens (primary N) is 1. The Hall–Kier alpha value is -2.34. The van der Waals surface area contributed by atoms with Crippen molar-refractivity contribution in [3.63, 3.8) is 0 Å². The van der Waals surface area contributed by atoms with Gasteiger partial charge in [-0.15, -0.1) is 11.8 Å². The van der Waals surface area contributed by atoms with E-state index in [-0.39, 0.29) is 18.1 Å². The largest absolute Gasteiger partial charge is 0.366 e. The van der Waals surface area contributed by atoms with E-state index in [2.05, 4.69) is 5.32 Å². The van der Waals surface area contributed by atoms with Gasteiger partial charge in [0.25, 0.3) is 5.91 Å². The average molecular weight is 332 g/mol. The minimum atomic E-state index is -0.570. The lowest BCUT2D eigenvalue weighted by atomic mass is 10.1. The van der Waals surface area contributed by atoms with Crippen LogP contribution >= 0.6 is 11.8 Å². The van der Waals surface area contributed by atoms with Crippen molar-refractivity contribution in [3.8, 4) is 0 Å². The van der Waals surface area contributed by atoms with Gasteiger partial charge in [0.2, 0.25) is 5.91 Å². The fourth-order valence-corrected chi connectivity index (χ4v) is 2.96. The number of rotatable bonds is 6. The van der Waals surface area contributed by atoms with E-state index < -0.39 is 5.91 Å². The van der Waals surface area contributed by atoms with Crippen LogP contribution in [0.3, 0.4) is 0 Å². The Kier molecular flexibility index (Phi) is 5.76. The topological polar surface area (TPSA) is 72.2 Å². The number of aryl methyl sites for hydroxylation is 1. The normalized spacial score (nSPS) is 10.3. The molecule has 0 saturated carbocycles. The highest BCUT2D eigenvalue weighted by Crippen LogP contribution is 2.21. The predicted molar refractivity (Wildman–Crippen MR) is 90.1 cm³/mol. The molecule has 0 heterocycles. The molecule has 0 aromatic heterocycles. The Morgan fingerprint density at radius 2 is 1.87 bits per heavy atom. The molecule has 2 rings (SSSR count). The van der Waals surface area contributed by atoms with Gasteiger partial charge >= 0.3 is 0 Å². The molecule has 6 heteroatoms. The van der Waals surface area contributed by atoms with E-state index in [1.165, 1.54) is 23.9 Å². The zero-order valence-electron chi connectivity index (χ0n) is 12.6. The Balaban J connectivity index is 1.91. The third kappa shape index (κ3) is 4.82. The first-order valence-corrected chi connectivity index (χ1v) is 8.03. The fourth-order valence-electron chi connectivity index (χ4n) is 2.10. The average Bonchev–Trinajstić information content (AvgIpc) is 2.49. The second-order valence-electron chi connectivity index (χ2n) is 4.96. The molecule has 3 N–H and O–H groups in total. The van der Waals surface area contributed by atoms with Crippen LogP contribution in [0.2, 0.25) is 0 Å². The second-order valence-corrected chi connectivity index (χ2v) is 6.13. The van der Waals surface area contributed by atoms with Crippen molar-refractivity contribution >= 4 is 29.3 Å². The number of hydrogen-bond acceptors (Lipinski definition) is 3. The highest BCUT2D eigenvalue weighted by molar-refractivity contribution is 7.99. The van der Waals surface area contributed by atoms with Crippen molar-refractivity contribution in [1.82, 2.24) is 0 Å². The summed E-state index contributed by atoms with van der Waals surface area (Å²) in [6.45, 7) is 1.76. The molecule has 23 heavy (non-hydrogen) atoms. The first kappa shape index (κ1) is 17.0. The molecule has 0 bridgehead atoms. The molecule has 4 nitrogen and oxygen atoms in total. The first-order chi connectivity index (χ1) is 11.0. The number of amides is 2. The Labute approximate surface area is 138 Å². The monoisotopic (exact) mass is 332 g/mol. The molecule has 0 spiro atoms. The van der Waals surface area contributed by atoms with E-state index in [0.29, 0.717) is 17.0 Å². The van der Waals surface area contributed by atoms with Gasteiger partial charge in [0.15, 0.2) is 0 Å². The van der Waals surface area contributed by atoms with Crippen LogP contribution in [-0.4, -0.2) is 17.6 Å². The number of anilines is 1. The minimum Gasteiger partial charge on any atom is -0.366 e. The van der Waals surface area contributed by atoms with Crippen LogP contribution in [0.4, 0.5) is 10.1 Å². The lowest BCUT2D eigenvalue weighted by molar-refractivity contribution is -0.115. The van der Waals surface area contributed by atoms with Crippen molar-refractivity contribution in [2.75, 3.05) is 11.1 Å². The minimum absolute atomic E-state index is 0.201. The quantitative estimate of drug-likeness (QED) is 0.797. The summed E-state index contributed by atoms with van der Waals surface area (Å²) in [5, 5.41) is 2.71. The number of carbonyl (C=O) groups is 2. The molecule has 2 aromatic rings. The van der Waals surface area contributed by atoms with Gasteiger partial charge in [0.1, 0.15) is 5.82 Å². The molecule has 2 aromatic carbocycles. The third-order valence-electron chi connectivity index (χ3n) is 3.20. The van der Waals surface area contributed by atoms with E-state index in [1.807, 2.05) is 0 Å². The molecule has 0 aliphatic rings. The van der Waals surface area contributed by atoms with Crippen molar-refractivity contribution in [2.45, 2.75) is 18.2 Å². The van der Waals surface area contributed by atoms with Crippen molar-refractivity contribution < 1.29 is 14.0 Å². The molecular formula is C17H17FN2O2S. The number of benzene rings is 2. The summed E-state index contributed by atoms with van der Waals surface area (Å²) in [7, 11) is 0. The van der Waals surface area contributed by atoms with Crippen LogP contribution < -0.4 is 11.1 Å². The summed E-state index contributed by atoms with van der Waals surface area (Å²) in [4.78, 5) is 24.4. The van der Waals surface area contributed by atoms with E-state index in [0.717, 1.165) is 10.5 Å². The maximum Gasteiger partial charge on any atom is 0.251 e. The predicted octanol–water partition coefficient (Wildman–Crippen LogP) is 3.35. The van der Waals surface area contributed by atoms with Crippen LogP contribution in [0.5, 0.6) is 0 Å². The maximum atomic E-state index is 12.8. The van der Waals surface area contributed by atoms with E-state index in [9.17, 15) is 14.0 Å². The molecule has 0 unspecified atom stereocenters. The summed E-state index contributed by atoms with van der Waals surface area (Å²) in [5.74, 6) is -0.507. The number of halogens is 1. The van der Waals surface area contributed by atoms with Crippen LogP contribution in [-0.2, 0) is 4.79 Å². The summed E-state index contributed by atoms with van der Waals surface area (Å²) >= 11 is 1.46. The second kappa shape index (κ2) is 7.78. The van der Waals surface area contributed by atoms with Crippen molar-refractivity contribution in [2.24, 2.45) is 5.73 Å². The summed E-state index contributed by atoms with van der Waals surface area (Å²) in [5.41, 5.74) is 6.82. The van der Waals surface area contributed by atoms with Crippen LogP contribution in [0, 0.1) is 12.7 Å². The van der Waals surface area contributed by atoms with Gasteiger partial charge in [-0.25, -0.2) is 4.39 Å². The Bertz CT molecular complexity index is 717. The maximum absolute atomic E-state index is 12.8. The highest BCUT2D eigenvalue weighted by atomic mass is 32.2. The number of nitrogens with one attached hydrogen (secondary N) is 1. The van der Waals surface area contributed by atoms with Gasteiger partial charge in [-0.05, 0) is 42.8 Å². The summed E-state index contributed by atoms with van der Waals surface area (Å²) in [6.07, 6.45) is 0.272. The molecule has 0 atom stereocenters. The lowest BCUT2D eigenvalue weighted by Gasteiger charge is -2.11. The van der Waals surface area contributed by atoms with Gasteiger partial charge in [-0.3, -0.25) is 9.59 Å². The Morgan fingerprint density at radius 1 is 1.17 bits per heavy atom. The van der Waals surface area contributed by atoms with Crippen LogP contribution in [0.15, 0.2) is 47.4 Å². The molecule has 0 aliphatic heterocycles. The molecule has 0 fully saturated rings. The van der Waals surface area contributed by atoms with Crippen molar-refractivity contribution in [1.29, 1.82) is 0 Å². The zero-order valence-corrected chi connectivity index (χ0v) is 13.5. The van der Waals surface area contributed by atoms with Gasteiger partial charge in [0, 0.05) is 17.1 Å². The summed E-state index contributed by atoms with van der Waals surface area (Å²) in [6, 6.07) is 11.3. The lowest BCUT2D eigenvalue weighted by Crippen LogP contribution is -2.19. The van der Waals surface area contributed by atoms with Gasteiger partial charge in [-0.2, -0.15) is 0 Å². The SMILES string of the molecule is Cc1cccc(NC(=O)CCSc2ccc(F)cc2)c1C(N)=O. The molecule has 0 saturated heterocycles. The number of hydrogen-bond donors (Lipinski definition) is 2. The molecular weight excluding hydrogens is 315 g/mol. The number of thioether (sulfide) groups is 1. The van der Waals surface area contributed by atoms with E-state index >= 15 is 0 Å². The van der Waals surface area contributed by atoms with Gasteiger partial charge in [-0.1, -0.05) is 12.1 Å². The standard InChI is InChI=1S/C17H17FN2O2S/c1-11-3-2-4-14(16(11)17(19)22)20-15(21)9-10-23-13-7-5-12(18)6-8-13/h2-8H,9-10H2,1H3,(H2,19,22)(H,20,21). The molecule has 2 amide bonds. The zero-order chi connectivity index (χ0) is 16.8. The van der Waals surface area contributed by atoms with Crippen LogP contribution in [0.25, 0.3) is 0 Å². The van der Waals surface area contributed by atoms with Gasteiger partial charge < -0.3 is 11.1 Å². The van der Waals surface area contributed by atoms with Crippen molar-refractivity contribution in [3.05, 3.63) is 59.4 Å². The first-order valence-electron chi connectivity index (χ1n) is 7.05. The molecule has 0 radical (unpaired) electrons. The van der Waals surface area contributed by atoms with E-state index in [1.54, 1.807) is 37.3 Å². The van der Waals surface area contributed by atoms with E-state index in [4.69, 9.17) is 5.73 Å². The smallest absolute Gasteiger partial charge is 0.251 e. The number of carbonyl (C=O) groups excluding carboxylic acids is 2. The van der Waals surface area contributed by atoms with Gasteiger partial charge in [0.05, 0.1) is 11.3 Å². The third-order valence-corrected chi connectivity index (χ3v) is 4.22.